The van der Waals surface area contributed by atoms with Crippen molar-refractivity contribution in [3.05, 3.63) is 39.3 Å². The molecule has 2 heterocycles. The van der Waals surface area contributed by atoms with Crippen LogP contribution in [0.25, 0.3) is 0 Å². The first kappa shape index (κ1) is 17.2. The van der Waals surface area contributed by atoms with E-state index in [1.165, 1.54) is 19.2 Å². The first-order valence-corrected chi connectivity index (χ1v) is 7.31. The zero-order valence-corrected chi connectivity index (χ0v) is 14.0. The molecule has 0 spiro atoms. The number of amides is 1. The monoisotopic (exact) mass is 357 g/mol. The predicted octanol–water partition coefficient (Wildman–Crippen LogP) is 3.18. The van der Waals surface area contributed by atoms with E-state index >= 15 is 0 Å². The quantitative estimate of drug-likeness (QED) is 0.844. The number of rotatable bonds is 4. The lowest BCUT2D eigenvalue weighted by molar-refractivity contribution is -0.123. The number of carbonyl (C=O) groups is 2. The maximum Gasteiger partial charge on any atom is 0.344 e. The number of nitrogens with zero attached hydrogens (tertiary/aromatic N) is 2. The van der Waals surface area contributed by atoms with Crippen LogP contribution in [0.2, 0.25) is 10.0 Å². The maximum atomic E-state index is 12.1. The molecule has 2 aromatic rings. The second kappa shape index (κ2) is 6.97. The molecule has 0 aliphatic rings. The van der Waals surface area contributed by atoms with Crippen LogP contribution in [0.3, 0.4) is 0 Å². The van der Waals surface area contributed by atoms with Gasteiger partial charge in [-0.05, 0) is 26.8 Å². The van der Waals surface area contributed by atoms with Crippen molar-refractivity contribution in [1.82, 2.24) is 10.1 Å². The van der Waals surface area contributed by atoms with Crippen LogP contribution in [0.1, 0.15) is 28.7 Å². The molecule has 23 heavy (non-hydrogen) atoms. The van der Waals surface area contributed by atoms with Crippen LogP contribution in [0.15, 0.2) is 16.8 Å². The first-order chi connectivity index (χ1) is 10.8. The van der Waals surface area contributed by atoms with Crippen LogP contribution < -0.4 is 5.32 Å². The van der Waals surface area contributed by atoms with Crippen molar-refractivity contribution >= 4 is 40.9 Å². The van der Waals surface area contributed by atoms with Crippen molar-refractivity contribution in [3.8, 4) is 0 Å². The number of hydrogen-bond donors (Lipinski definition) is 1. The number of halogens is 2. The molecule has 7 nitrogen and oxygen atoms in total. The average Bonchev–Trinajstić information content (AvgIpc) is 2.81. The van der Waals surface area contributed by atoms with Gasteiger partial charge in [-0.3, -0.25) is 4.79 Å². The summed E-state index contributed by atoms with van der Waals surface area (Å²) in [7, 11) is 0. The Morgan fingerprint density at radius 2 is 2.04 bits per heavy atom. The van der Waals surface area contributed by atoms with Crippen LogP contribution >= 0.6 is 23.2 Å². The van der Waals surface area contributed by atoms with Crippen molar-refractivity contribution in [2.75, 3.05) is 5.32 Å². The van der Waals surface area contributed by atoms with E-state index in [0.29, 0.717) is 16.5 Å². The largest absolute Gasteiger partial charge is 0.449 e. The van der Waals surface area contributed by atoms with Gasteiger partial charge in [0.25, 0.3) is 5.91 Å². The normalized spacial score (nSPS) is 11.9. The first-order valence-electron chi connectivity index (χ1n) is 6.55. The summed E-state index contributed by atoms with van der Waals surface area (Å²) in [5.74, 6) is -0.829. The molecule has 1 atom stereocenters. The lowest BCUT2D eigenvalue weighted by Gasteiger charge is -2.13. The molecule has 122 valence electrons. The molecule has 2 aromatic heterocycles. The van der Waals surface area contributed by atoms with E-state index in [9.17, 15) is 9.59 Å². The number of aryl methyl sites for hydroxylation is 2. The number of nitrogens with one attached hydrogen (secondary N) is 1. The average molecular weight is 358 g/mol. The Bertz CT molecular complexity index is 741. The molecule has 0 unspecified atom stereocenters. The smallest absolute Gasteiger partial charge is 0.344 e. The third-order valence-corrected chi connectivity index (χ3v) is 3.43. The molecule has 2 rings (SSSR count). The number of aromatic nitrogens is 2. The zero-order valence-electron chi connectivity index (χ0n) is 12.5. The van der Waals surface area contributed by atoms with Gasteiger partial charge in [0.1, 0.15) is 11.3 Å². The fraction of sp³-hybridized carbons (Fsp3) is 0.286. The molecular weight excluding hydrogens is 345 g/mol. The second-order valence-corrected chi connectivity index (χ2v) is 5.56. The molecule has 0 radical (unpaired) electrons. The molecule has 0 aliphatic heterocycles. The molecule has 9 heteroatoms. The maximum absolute atomic E-state index is 12.1. The number of hydrogen-bond acceptors (Lipinski definition) is 6. The van der Waals surface area contributed by atoms with Gasteiger partial charge in [-0.15, -0.1) is 0 Å². The van der Waals surface area contributed by atoms with Gasteiger partial charge in [-0.25, -0.2) is 9.78 Å². The Kier molecular flexibility index (Phi) is 5.23. The van der Waals surface area contributed by atoms with Crippen LogP contribution in [-0.2, 0) is 9.53 Å². The van der Waals surface area contributed by atoms with Gasteiger partial charge in [0.15, 0.2) is 11.9 Å². The van der Waals surface area contributed by atoms with Gasteiger partial charge in [-0.2, -0.15) is 0 Å². The van der Waals surface area contributed by atoms with E-state index in [0.717, 1.165) is 0 Å². The number of esters is 1. The van der Waals surface area contributed by atoms with Crippen molar-refractivity contribution < 1.29 is 18.8 Å². The highest BCUT2D eigenvalue weighted by Crippen LogP contribution is 2.23. The van der Waals surface area contributed by atoms with Gasteiger partial charge in [0.05, 0.1) is 15.7 Å². The summed E-state index contributed by atoms with van der Waals surface area (Å²) in [5, 5.41) is 6.64. The third-order valence-electron chi connectivity index (χ3n) is 2.94. The van der Waals surface area contributed by atoms with Crippen LogP contribution in [-0.4, -0.2) is 28.1 Å². The Morgan fingerprint density at radius 3 is 2.61 bits per heavy atom. The van der Waals surface area contributed by atoms with Crippen molar-refractivity contribution in [2.45, 2.75) is 26.9 Å². The lowest BCUT2D eigenvalue weighted by atomic mass is 10.2. The van der Waals surface area contributed by atoms with Gasteiger partial charge in [0, 0.05) is 6.20 Å². The lowest BCUT2D eigenvalue weighted by Crippen LogP contribution is -2.30. The molecule has 0 bridgehead atoms. The van der Waals surface area contributed by atoms with Gasteiger partial charge in [-0.1, -0.05) is 28.4 Å². The summed E-state index contributed by atoms with van der Waals surface area (Å²) in [4.78, 5) is 28.0. The minimum atomic E-state index is -1.07. The summed E-state index contributed by atoms with van der Waals surface area (Å²) in [6, 6.07) is 1.44. The summed E-state index contributed by atoms with van der Waals surface area (Å²) < 4.78 is 10.00. The molecular formula is C14H13Cl2N3O4. The Balaban J connectivity index is 2.04. The predicted molar refractivity (Wildman–Crippen MR) is 83.7 cm³/mol. The number of carbonyl (C=O) groups excluding carboxylic acids is 2. The Morgan fingerprint density at radius 1 is 1.35 bits per heavy atom. The van der Waals surface area contributed by atoms with Gasteiger partial charge in [0.2, 0.25) is 0 Å². The van der Waals surface area contributed by atoms with E-state index in [1.54, 1.807) is 13.8 Å². The molecule has 0 saturated carbocycles. The van der Waals surface area contributed by atoms with Crippen molar-refractivity contribution in [2.24, 2.45) is 0 Å². The molecule has 0 aromatic carbocycles. The Hall–Kier alpha value is -2.12. The number of pyridine rings is 1. The molecule has 0 aliphatic carbocycles. The summed E-state index contributed by atoms with van der Waals surface area (Å²) in [6.45, 7) is 4.61. The van der Waals surface area contributed by atoms with E-state index in [-0.39, 0.29) is 16.4 Å². The van der Waals surface area contributed by atoms with Gasteiger partial charge < -0.3 is 14.6 Å². The van der Waals surface area contributed by atoms with Crippen LogP contribution in [0.5, 0.6) is 0 Å². The number of anilines is 1. The molecule has 1 amide bonds. The summed E-state index contributed by atoms with van der Waals surface area (Å²) in [5.41, 5.74) is 0.592. The van der Waals surface area contributed by atoms with E-state index in [2.05, 4.69) is 15.5 Å². The minimum absolute atomic E-state index is 0.126. The molecule has 1 N–H and O–H groups in total. The summed E-state index contributed by atoms with van der Waals surface area (Å²) >= 11 is 11.6. The summed E-state index contributed by atoms with van der Waals surface area (Å²) in [6.07, 6.45) is 0.272. The SMILES string of the molecule is Cc1noc(C)c1C(=O)O[C@@H](C)C(=O)Nc1ncc(Cl)cc1Cl. The van der Waals surface area contributed by atoms with Crippen molar-refractivity contribution in [1.29, 1.82) is 0 Å². The highest BCUT2D eigenvalue weighted by Gasteiger charge is 2.24. The number of ether oxygens (including phenoxy) is 1. The second-order valence-electron chi connectivity index (χ2n) is 4.72. The Labute approximate surface area is 141 Å². The molecule has 0 fully saturated rings. The highest BCUT2D eigenvalue weighted by molar-refractivity contribution is 6.36. The van der Waals surface area contributed by atoms with Gasteiger partial charge >= 0.3 is 5.97 Å². The fourth-order valence-corrected chi connectivity index (χ4v) is 2.20. The minimum Gasteiger partial charge on any atom is -0.449 e. The van der Waals surface area contributed by atoms with Crippen LogP contribution in [0, 0.1) is 13.8 Å². The topological polar surface area (TPSA) is 94.3 Å². The van der Waals surface area contributed by atoms with E-state index < -0.39 is 18.0 Å². The van der Waals surface area contributed by atoms with E-state index in [1.807, 2.05) is 0 Å². The zero-order chi connectivity index (χ0) is 17.1. The fourth-order valence-electron chi connectivity index (χ4n) is 1.77. The third kappa shape index (κ3) is 4.00. The van der Waals surface area contributed by atoms with E-state index in [4.69, 9.17) is 32.5 Å². The molecule has 0 saturated heterocycles. The van der Waals surface area contributed by atoms with Crippen LogP contribution in [0.4, 0.5) is 5.82 Å². The van der Waals surface area contributed by atoms with Crippen molar-refractivity contribution in [3.63, 3.8) is 0 Å². The standard InChI is InChI=1S/C14H13Cl2N3O4/c1-6-11(7(2)23-19-6)14(21)22-8(3)13(20)18-12-10(16)4-9(15)5-17-12/h4-5,8H,1-3H3,(H,17,18,20)/t8-/m0/s1. The highest BCUT2D eigenvalue weighted by atomic mass is 35.5.